The third-order valence-electron chi connectivity index (χ3n) is 26.9. The topological polar surface area (TPSA) is 340 Å². The van der Waals surface area contributed by atoms with Crippen LogP contribution in [0.4, 0.5) is 0 Å². The molecular weight excluding hydrogens is 1640 g/mol. The van der Waals surface area contributed by atoms with Crippen LogP contribution in [0.3, 0.4) is 0 Å². The van der Waals surface area contributed by atoms with Gasteiger partial charge in [0.15, 0.2) is 22.9 Å². The molecule has 9 saturated carbocycles. The number of H-pyrrole nitrogens is 1. The predicted octanol–water partition coefficient (Wildman–Crippen LogP) is 16.6. The first-order valence-electron chi connectivity index (χ1n) is 40.8. The van der Waals surface area contributed by atoms with Crippen molar-refractivity contribution in [1.29, 1.82) is 0 Å². The number of nitrogens with zero attached hydrogens (tertiary/aromatic N) is 11. The standard InChI is InChI=1S/C30H32N4O4S.C23H26N4O2.C21H25BN2O4S.C15H19ClN2O2.CH4.Y/c1-17-4-10-22(11-5-17)39(37,38)34-16-25(24-12-18(2)14-32-29(24)34)28-31-15-19(3)26(33-28)13-23-20-6-8-21(9-7-20)27(23)30(35)36;1-12-7-17-18(11-26-21(17)24-9-12)22-25-10-13(2)19(27-22)8-16-14-3-5-15(6-4-14)20(16)23(28)29;1-14-7-9-16(10-8-14)29(25,26)24-13-18(17-11-15(2)12-23-19(17)24)22-27-20(3,4)21(5,6)28-22;1-8-7-17-15(16)18-12(8)6-11-9-2-4-10(5-3-9)13(11)14(19)20;;/h4-5,10-12,14-16,20-21,23,27H,6-9,13H2,1-3H3,(H,35,36);7,9-11,14-16,20H,3-6,8H2,1-2H3,(H,24,26)(H,28,29);7-13H,1-6H3;7,9-11,13H,2-6H2,1H3,(H,19,20);1H4;/t20?,21?,23?,27-;14?,15?,16?,20-;;9?,10?,11?,13-;;/m00.0../s1. The second-order valence-corrected chi connectivity index (χ2v) is 38.9. The van der Waals surface area contributed by atoms with Gasteiger partial charge in [-0.1, -0.05) is 42.8 Å². The first-order chi connectivity index (χ1) is 55.6. The molecule has 10 heterocycles. The minimum atomic E-state index is -3.91. The van der Waals surface area contributed by atoms with Crippen LogP contribution in [0.2, 0.25) is 5.28 Å². The molecule has 623 valence electrons. The quantitative estimate of drug-likeness (QED) is 0.0516. The molecule has 10 fully saturated rings. The van der Waals surface area contributed by atoms with Gasteiger partial charge < -0.3 is 29.6 Å². The molecule has 0 amide bonds. The van der Waals surface area contributed by atoms with E-state index in [4.69, 9.17) is 30.9 Å². The van der Waals surface area contributed by atoms with E-state index in [-0.39, 0.29) is 96.6 Å². The molecule has 24 nitrogen and oxygen atoms in total. The Morgan fingerprint density at radius 3 is 1.24 bits per heavy atom. The minimum absolute atomic E-state index is 0. The maximum Gasteiger partial charge on any atom is 0.497 e. The van der Waals surface area contributed by atoms with Gasteiger partial charge >= 0.3 is 25.0 Å². The summed E-state index contributed by atoms with van der Waals surface area (Å²) >= 11 is 5.87. The molecule has 3 unspecified atom stereocenters. The number of hydrogen-bond donors (Lipinski definition) is 4. The fraction of sp³-hybridized carbons (Fsp3) is 0.467. The number of aromatic amines is 1. The van der Waals surface area contributed by atoms with Crippen molar-refractivity contribution in [3.63, 3.8) is 0 Å². The molecule has 1 radical (unpaired) electrons. The van der Waals surface area contributed by atoms with Crippen LogP contribution in [0.25, 0.3) is 55.9 Å². The average molecular weight is 1750 g/mol. The van der Waals surface area contributed by atoms with Crippen LogP contribution in [0.1, 0.15) is 174 Å². The fourth-order valence-electron chi connectivity index (χ4n) is 19.8. The van der Waals surface area contributed by atoms with Crippen molar-refractivity contribution in [2.75, 3.05) is 0 Å². The summed E-state index contributed by atoms with van der Waals surface area (Å²) in [5.41, 5.74) is 13.2. The maximum atomic E-state index is 13.7. The van der Waals surface area contributed by atoms with Gasteiger partial charge in [0.2, 0.25) is 5.28 Å². The van der Waals surface area contributed by atoms with E-state index in [1.165, 1.54) is 7.94 Å². The van der Waals surface area contributed by atoms with E-state index in [0.29, 0.717) is 87.2 Å². The Morgan fingerprint density at radius 2 is 0.815 bits per heavy atom. The Hall–Kier alpha value is -8.56. The van der Waals surface area contributed by atoms with Gasteiger partial charge in [0.25, 0.3) is 20.0 Å². The van der Waals surface area contributed by atoms with Crippen LogP contribution >= 0.6 is 11.6 Å². The number of carboxylic acid groups (broad SMARTS) is 3. The van der Waals surface area contributed by atoms with Gasteiger partial charge in [0.05, 0.1) is 38.7 Å². The Kier molecular flexibility index (Phi) is 26.0. The molecule has 1 saturated heterocycles. The zero-order valence-electron chi connectivity index (χ0n) is 68.9. The predicted molar refractivity (Wildman–Crippen MR) is 454 cm³/mol. The number of hydrogen-bond acceptors (Lipinski definition) is 18. The summed E-state index contributed by atoms with van der Waals surface area (Å²) in [7, 11) is -8.41. The van der Waals surface area contributed by atoms with Crippen molar-refractivity contribution < 1.29 is 88.6 Å². The molecular formula is C90H106BClN12O12S2Y. The van der Waals surface area contributed by atoms with E-state index in [1.807, 2.05) is 114 Å². The maximum absolute atomic E-state index is 13.7. The molecule has 1 aliphatic heterocycles. The smallest absolute Gasteiger partial charge is 0.481 e. The van der Waals surface area contributed by atoms with Gasteiger partial charge in [-0.15, -0.1) is 0 Å². The monoisotopic (exact) mass is 1750 g/mol. The van der Waals surface area contributed by atoms with Gasteiger partial charge in [0.1, 0.15) is 5.65 Å². The Morgan fingerprint density at radius 1 is 0.462 bits per heavy atom. The third kappa shape index (κ3) is 17.7. The van der Waals surface area contributed by atoms with E-state index in [1.54, 1.807) is 85.7 Å². The van der Waals surface area contributed by atoms with Gasteiger partial charge in [-0.05, 0) is 320 Å². The molecule has 4 N–H and O–H groups in total. The van der Waals surface area contributed by atoms with E-state index >= 15 is 0 Å². The van der Waals surface area contributed by atoms with Crippen molar-refractivity contribution in [1.82, 2.24) is 57.8 Å². The number of benzene rings is 2. The van der Waals surface area contributed by atoms with Crippen molar-refractivity contribution in [3.05, 3.63) is 189 Å². The zero-order valence-corrected chi connectivity index (χ0v) is 74.1. The molecule has 9 aliphatic carbocycles. The van der Waals surface area contributed by atoms with Crippen LogP contribution in [0.5, 0.6) is 0 Å². The summed E-state index contributed by atoms with van der Waals surface area (Å²) in [6, 6.07) is 19.4. The summed E-state index contributed by atoms with van der Waals surface area (Å²) in [5.74, 6) is 1.07. The van der Waals surface area contributed by atoms with Gasteiger partial charge in [-0.2, -0.15) is 0 Å². The van der Waals surface area contributed by atoms with E-state index in [2.05, 4.69) is 45.9 Å². The third-order valence-corrected chi connectivity index (χ3v) is 30.4. The Bertz CT molecular complexity index is 5860. The number of carbonyl (C=O) groups is 3. The van der Waals surface area contributed by atoms with Crippen molar-refractivity contribution >= 4 is 95.2 Å². The number of carboxylic acids is 3. The average Bonchev–Trinajstić information content (AvgIpc) is 1.58. The van der Waals surface area contributed by atoms with Crippen molar-refractivity contribution in [3.8, 4) is 22.8 Å². The number of halogens is 1. The molecule has 2 aromatic carbocycles. The van der Waals surface area contributed by atoms with Crippen molar-refractivity contribution in [2.45, 2.75) is 208 Å². The summed E-state index contributed by atoms with van der Waals surface area (Å²) in [6.45, 7) is 23.5. The molecule has 10 aliphatic rings. The van der Waals surface area contributed by atoms with Crippen LogP contribution < -0.4 is 5.46 Å². The number of aryl methyl sites for hydroxylation is 8. The Labute approximate surface area is 727 Å². The molecule has 0 spiro atoms. The van der Waals surface area contributed by atoms with Crippen molar-refractivity contribution in [2.24, 2.45) is 71.0 Å². The van der Waals surface area contributed by atoms with Crippen LogP contribution in [-0.2, 0) is 95.7 Å². The number of pyridine rings is 3. The first kappa shape index (κ1) is 88.2. The zero-order chi connectivity index (χ0) is 83.1. The molecule has 9 aromatic heterocycles. The SMILES string of the molecule is C.Cc1ccc(S(=O)(=O)n2cc(-c3ncc(C)c(CC4C5CCC(CC5)[C@@H]4C(=O)O)n3)c3cc(C)cnc32)cc1.Cc1ccc(S(=O)(=O)n2cc(B3OC(C)(C)C(C)(C)O3)c3cc(C)cnc32)cc1.Cc1cnc(Cl)nc1CC1C2CCC(CC2)[C@@H]1C(=O)O.Cc1cnc2[nH]cc(-c3ncc(C)c(CC4C5CCC(CC5)[C@@H]4C(=O)O)n3)c2c1.[Y]. The number of rotatable bonds is 16. The second kappa shape index (κ2) is 35.1. The number of aromatic nitrogens is 12. The summed E-state index contributed by atoms with van der Waals surface area (Å²) < 4.78 is 68.9. The van der Waals surface area contributed by atoms with Gasteiger partial charge in [0, 0.05) is 138 Å². The molecule has 21 rings (SSSR count). The van der Waals surface area contributed by atoms with E-state index in [0.717, 1.165) is 162 Å². The van der Waals surface area contributed by atoms with Crippen LogP contribution in [0.15, 0.2) is 132 Å². The normalized spacial score (nSPS) is 23.8. The van der Waals surface area contributed by atoms with E-state index < -0.39 is 56.3 Å². The number of aliphatic carboxylic acids is 3. The molecule has 6 bridgehead atoms. The first-order valence-corrected chi connectivity index (χ1v) is 44.1. The molecule has 29 heteroatoms. The minimum Gasteiger partial charge on any atom is -0.481 e. The van der Waals surface area contributed by atoms with Gasteiger partial charge in [-0.25, -0.2) is 69.6 Å². The fourth-order valence-corrected chi connectivity index (χ4v) is 22.6. The molecule has 11 aromatic rings. The second-order valence-electron chi connectivity index (χ2n) is 35.0. The molecule has 119 heavy (non-hydrogen) atoms. The molecule has 6 atom stereocenters. The summed E-state index contributed by atoms with van der Waals surface area (Å²) in [5, 5.41) is 32.1. The van der Waals surface area contributed by atoms with Crippen LogP contribution in [0, 0.1) is 126 Å². The van der Waals surface area contributed by atoms with E-state index in [9.17, 15) is 46.5 Å². The Balaban J connectivity index is 0.000000140. The summed E-state index contributed by atoms with van der Waals surface area (Å²) in [4.78, 5) is 80.1. The summed E-state index contributed by atoms with van der Waals surface area (Å²) in [6.07, 6.45) is 30.6. The largest absolute Gasteiger partial charge is 0.497 e. The van der Waals surface area contributed by atoms with Crippen LogP contribution in [-0.4, -0.2) is 126 Å². The number of nitrogens with one attached hydrogen (secondary N) is 1. The van der Waals surface area contributed by atoms with Gasteiger partial charge in [-0.3, -0.25) is 14.4 Å². The number of fused-ring (bicyclic) bond motifs is 12.